The highest BCUT2D eigenvalue weighted by Crippen LogP contribution is 2.31. The molecule has 160 valence electrons. The summed E-state index contributed by atoms with van der Waals surface area (Å²) in [5.74, 6) is -4.61. The molecule has 0 fully saturated rings. The minimum atomic E-state index is -4.17. The Morgan fingerprint density at radius 1 is 1.23 bits per heavy atom. The molecule has 30 heavy (non-hydrogen) atoms. The summed E-state index contributed by atoms with van der Waals surface area (Å²) in [6.07, 6.45) is 0.163. The van der Waals surface area contributed by atoms with E-state index in [0.29, 0.717) is 6.07 Å². The van der Waals surface area contributed by atoms with E-state index in [0.717, 1.165) is 16.8 Å². The number of hydrogen-bond acceptors (Lipinski definition) is 4. The van der Waals surface area contributed by atoms with Crippen LogP contribution in [0.3, 0.4) is 0 Å². The summed E-state index contributed by atoms with van der Waals surface area (Å²) < 4.78 is 81.9. The van der Waals surface area contributed by atoms with Crippen LogP contribution in [0.25, 0.3) is 6.08 Å². The number of hydrogen-bond donors (Lipinski definition) is 2. The van der Waals surface area contributed by atoms with Crippen molar-refractivity contribution in [3.8, 4) is 0 Å². The predicted molar refractivity (Wildman–Crippen MR) is 98.5 cm³/mol. The Labute approximate surface area is 168 Å². The van der Waals surface area contributed by atoms with Crippen molar-refractivity contribution in [1.29, 1.82) is 0 Å². The lowest BCUT2D eigenvalue weighted by atomic mass is 10.1. The Kier molecular flexibility index (Phi) is 5.56. The summed E-state index contributed by atoms with van der Waals surface area (Å²) in [5.41, 5.74) is -2.51. The molecule has 0 radical (unpaired) electrons. The summed E-state index contributed by atoms with van der Waals surface area (Å²) >= 11 is 0. The average molecular weight is 445 g/mol. The number of rotatable bonds is 4. The van der Waals surface area contributed by atoms with Gasteiger partial charge in [-0.2, -0.15) is 4.72 Å². The Balaban J connectivity index is 2.06. The maximum Gasteiger partial charge on any atom is 0.273 e. The molecular formula is C18H15F4N3O4S. The van der Waals surface area contributed by atoms with Gasteiger partial charge in [0.05, 0.1) is 17.3 Å². The number of nitrogens with zero attached hydrogens (tertiary/aromatic N) is 1. The number of amides is 1. The molecule has 1 aliphatic rings. The Morgan fingerprint density at radius 3 is 2.50 bits per heavy atom. The highest BCUT2D eigenvalue weighted by atomic mass is 32.2. The molecule has 1 amide bonds. The first kappa shape index (κ1) is 21.7. The Hall–Kier alpha value is -2.99. The number of benzene rings is 1. The molecule has 3 rings (SSSR count). The van der Waals surface area contributed by atoms with Gasteiger partial charge in [0.1, 0.15) is 16.4 Å². The summed E-state index contributed by atoms with van der Waals surface area (Å²) in [7, 11) is -2.82. The van der Waals surface area contributed by atoms with Crippen LogP contribution in [-0.2, 0) is 21.9 Å². The number of alkyl halides is 2. The smallest absolute Gasteiger partial charge is 0.273 e. The molecule has 2 aromatic rings. The van der Waals surface area contributed by atoms with Crippen molar-refractivity contribution >= 4 is 33.5 Å². The van der Waals surface area contributed by atoms with Gasteiger partial charge in [-0.1, -0.05) is 12.2 Å². The molecule has 1 aromatic carbocycles. The molecule has 1 aromatic heterocycles. The first-order valence-corrected chi connectivity index (χ1v) is 9.90. The van der Waals surface area contributed by atoms with Crippen LogP contribution in [0.1, 0.15) is 35.0 Å². The van der Waals surface area contributed by atoms with E-state index in [2.05, 4.69) is 10.0 Å². The van der Waals surface area contributed by atoms with Gasteiger partial charge >= 0.3 is 0 Å². The summed E-state index contributed by atoms with van der Waals surface area (Å²) in [4.78, 5) is 24.0. The van der Waals surface area contributed by atoms with Crippen LogP contribution in [0.5, 0.6) is 0 Å². The third-order valence-corrected chi connectivity index (χ3v) is 5.93. The van der Waals surface area contributed by atoms with Gasteiger partial charge in [0, 0.05) is 18.8 Å². The number of aromatic nitrogens is 1. The van der Waals surface area contributed by atoms with E-state index in [1.54, 1.807) is 0 Å². The third-order valence-electron chi connectivity index (χ3n) is 4.46. The molecule has 0 saturated carbocycles. The number of fused-ring (bicyclic) bond motifs is 1. The SMILES string of the molecule is CC(=O)[C@H]1C=Cc2c(cn(C)c2C(=O)Nc2ccc(F)c(C(F)F)c2F)S(=O)(=O)N1. The van der Waals surface area contributed by atoms with Crippen LogP contribution in [0, 0.1) is 11.6 Å². The van der Waals surface area contributed by atoms with Crippen LogP contribution in [0.2, 0.25) is 0 Å². The third kappa shape index (κ3) is 3.75. The molecule has 2 heterocycles. The minimum Gasteiger partial charge on any atom is -0.345 e. The Morgan fingerprint density at radius 2 is 1.90 bits per heavy atom. The molecule has 0 unspecified atom stereocenters. The van der Waals surface area contributed by atoms with Gasteiger partial charge in [-0.05, 0) is 19.1 Å². The molecule has 2 N–H and O–H groups in total. The number of nitrogens with one attached hydrogen (secondary N) is 2. The minimum absolute atomic E-state index is 0.0807. The molecular weight excluding hydrogens is 430 g/mol. The van der Waals surface area contributed by atoms with E-state index in [-0.39, 0.29) is 16.2 Å². The number of ketones is 1. The number of halogens is 4. The lowest BCUT2D eigenvalue weighted by Crippen LogP contribution is -2.37. The van der Waals surface area contributed by atoms with Crippen molar-refractivity contribution in [3.05, 3.63) is 52.9 Å². The van der Waals surface area contributed by atoms with E-state index in [4.69, 9.17) is 0 Å². The van der Waals surface area contributed by atoms with Crippen LogP contribution in [0.4, 0.5) is 23.2 Å². The van der Waals surface area contributed by atoms with Gasteiger partial charge in [-0.25, -0.2) is 26.0 Å². The summed E-state index contributed by atoms with van der Waals surface area (Å²) in [5, 5.41) is 2.06. The summed E-state index contributed by atoms with van der Waals surface area (Å²) in [6, 6.07) is 0.208. The molecule has 0 bridgehead atoms. The van der Waals surface area contributed by atoms with E-state index in [1.807, 2.05) is 0 Å². The van der Waals surface area contributed by atoms with Crippen molar-refractivity contribution in [2.75, 3.05) is 5.32 Å². The number of aryl methyl sites for hydroxylation is 1. The standard InChI is InChI=1S/C18H15F4N3O4S/c1-8(26)11-5-3-9-13(30(28,29)24-11)7-25(2)16(9)18(27)23-12-6-4-10(19)14(15(12)20)17(21)22/h3-7,11,17,24H,1-2H3,(H,23,27)/t11-/m1/s1. The second-order valence-corrected chi connectivity index (χ2v) is 8.20. The first-order valence-electron chi connectivity index (χ1n) is 8.41. The highest BCUT2D eigenvalue weighted by Gasteiger charge is 2.32. The van der Waals surface area contributed by atoms with Gasteiger partial charge in [-0.15, -0.1) is 0 Å². The molecule has 0 saturated heterocycles. The van der Waals surface area contributed by atoms with E-state index >= 15 is 0 Å². The van der Waals surface area contributed by atoms with Gasteiger partial charge in [-0.3, -0.25) is 9.59 Å². The maximum atomic E-state index is 14.3. The van der Waals surface area contributed by atoms with Gasteiger partial charge in [0.2, 0.25) is 10.0 Å². The van der Waals surface area contributed by atoms with Gasteiger partial charge in [0.25, 0.3) is 12.3 Å². The second-order valence-electron chi connectivity index (χ2n) is 6.51. The number of carbonyl (C=O) groups excluding carboxylic acids is 2. The fourth-order valence-electron chi connectivity index (χ4n) is 3.00. The molecule has 0 aliphatic carbocycles. The van der Waals surface area contributed by atoms with Crippen molar-refractivity contribution in [3.63, 3.8) is 0 Å². The van der Waals surface area contributed by atoms with Crippen molar-refractivity contribution in [2.24, 2.45) is 7.05 Å². The summed E-state index contributed by atoms with van der Waals surface area (Å²) in [6.45, 7) is 1.18. The highest BCUT2D eigenvalue weighted by molar-refractivity contribution is 7.89. The fourth-order valence-corrected chi connectivity index (χ4v) is 4.46. The monoisotopic (exact) mass is 445 g/mol. The number of carbonyl (C=O) groups is 2. The van der Waals surface area contributed by atoms with Crippen LogP contribution < -0.4 is 10.0 Å². The number of sulfonamides is 1. The molecule has 7 nitrogen and oxygen atoms in total. The lowest BCUT2D eigenvalue weighted by Gasteiger charge is -2.11. The van der Waals surface area contributed by atoms with Gasteiger partial charge < -0.3 is 9.88 Å². The van der Waals surface area contributed by atoms with Crippen molar-refractivity contribution in [1.82, 2.24) is 9.29 Å². The first-order chi connectivity index (χ1) is 13.9. The number of Topliss-reactive ketones (excluding diaryl/α,β-unsaturated/α-hetero) is 1. The molecule has 1 atom stereocenters. The predicted octanol–water partition coefficient (Wildman–Crippen LogP) is 2.76. The molecule has 12 heteroatoms. The van der Waals surface area contributed by atoms with Crippen LogP contribution in [0.15, 0.2) is 29.3 Å². The largest absolute Gasteiger partial charge is 0.345 e. The van der Waals surface area contributed by atoms with Crippen LogP contribution >= 0.6 is 0 Å². The molecule has 1 aliphatic heterocycles. The zero-order valence-corrected chi connectivity index (χ0v) is 16.4. The zero-order chi connectivity index (χ0) is 22.4. The maximum absolute atomic E-state index is 14.3. The average Bonchev–Trinajstić information content (AvgIpc) is 2.91. The second kappa shape index (κ2) is 7.69. The van der Waals surface area contributed by atoms with E-state index in [9.17, 15) is 35.6 Å². The quantitative estimate of drug-likeness (QED) is 0.708. The Bertz CT molecular complexity index is 1190. The number of anilines is 1. The lowest BCUT2D eigenvalue weighted by molar-refractivity contribution is -0.117. The van der Waals surface area contributed by atoms with Gasteiger partial charge in [0.15, 0.2) is 11.6 Å². The van der Waals surface area contributed by atoms with Crippen LogP contribution in [-0.4, -0.2) is 30.7 Å². The normalized spacial score (nSPS) is 17.5. The van der Waals surface area contributed by atoms with E-state index in [1.165, 1.54) is 26.1 Å². The fraction of sp³-hybridized carbons (Fsp3) is 0.222. The topological polar surface area (TPSA) is 97.3 Å². The van der Waals surface area contributed by atoms with Crippen molar-refractivity contribution < 1.29 is 35.6 Å². The van der Waals surface area contributed by atoms with E-state index < -0.39 is 57.1 Å². The van der Waals surface area contributed by atoms with Crippen molar-refractivity contribution in [2.45, 2.75) is 24.3 Å². The molecule has 0 spiro atoms. The zero-order valence-electron chi connectivity index (χ0n) is 15.5.